The third-order valence-electron chi connectivity index (χ3n) is 3.64. The van der Waals surface area contributed by atoms with Gasteiger partial charge in [-0.2, -0.15) is 0 Å². The van der Waals surface area contributed by atoms with Crippen molar-refractivity contribution in [2.24, 2.45) is 0 Å². The average Bonchev–Trinajstić information content (AvgIpc) is 2.63. The lowest BCUT2D eigenvalue weighted by Gasteiger charge is -2.26. The number of aromatic nitrogens is 2. The first-order valence-corrected chi connectivity index (χ1v) is 7.45. The molecule has 5 heteroatoms. The summed E-state index contributed by atoms with van der Waals surface area (Å²) in [5.41, 5.74) is 1.12. The molecule has 2 heterocycles. The third-order valence-corrected chi connectivity index (χ3v) is 3.64. The van der Waals surface area contributed by atoms with Gasteiger partial charge in [0.25, 0.3) is 0 Å². The molecule has 0 aliphatic carbocycles. The minimum atomic E-state index is 0.243. The molecule has 1 fully saturated rings. The summed E-state index contributed by atoms with van der Waals surface area (Å²) in [7, 11) is 1.91. The van der Waals surface area contributed by atoms with Gasteiger partial charge in [-0.25, -0.2) is 9.97 Å². The van der Waals surface area contributed by atoms with Gasteiger partial charge in [0.05, 0.1) is 6.10 Å². The Kier molecular flexibility index (Phi) is 4.81. The van der Waals surface area contributed by atoms with Crippen LogP contribution in [0.15, 0.2) is 0 Å². The van der Waals surface area contributed by atoms with E-state index >= 15 is 0 Å². The van der Waals surface area contributed by atoms with Crippen LogP contribution in [0.4, 0.5) is 11.6 Å². The van der Waals surface area contributed by atoms with E-state index in [4.69, 9.17) is 9.72 Å². The minimum absolute atomic E-state index is 0.243. The van der Waals surface area contributed by atoms with Crippen LogP contribution in [0, 0.1) is 6.92 Å². The summed E-state index contributed by atoms with van der Waals surface area (Å²) >= 11 is 0. The van der Waals surface area contributed by atoms with Gasteiger partial charge in [-0.05, 0) is 20.3 Å². The van der Waals surface area contributed by atoms with E-state index in [2.05, 4.69) is 42.9 Å². The molecule has 1 saturated heterocycles. The predicted octanol–water partition coefficient (Wildman–Crippen LogP) is 2.57. The van der Waals surface area contributed by atoms with Crippen LogP contribution in [0.25, 0.3) is 0 Å². The van der Waals surface area contributed by atoms with Crippen molar-refractivity contribution < 1.29 is 4.74 Å². The van der Waals surface area contributed by atoms with Crippen molar-refractivity contribution in [3.05, 3.63) is 11.4 Å². The van der Waals surface area contributed by atoms with Gasteiger partial charge >= 0.3 is 0 Å². The summed E-state index contributed by atoms with van der Waals surface area (Å²) in [5.74, 6) is 3.19. The molecule has 112 valence electrons. The Balaban J connectivity index is 2.40. The van der Waals surface area contributed by atoms with Gasteiger partial charge in [0.15, 0.2) is 0 Å². The van der Waals surface area contributed by atoms with E-state index in [-0.39, 0.29) is 6.10 Å². The van der Waals surface area contributed by atoms with E-state index < -0.39 is 0 Å². The van der Waals surface area contributed by atoms with Gasteiger partial charge in [-0.1, -0.05) is 13.8 Å². The fraction of sp³-hybridized carbons (Fsp3) is 0.733. The largest absolute Gasteiger partial charge is 0.377 e. The van der Waals surface area contributed by atoms with Gasteiger partial charge in [0.1, 0.15) is 17.5 Å². The van der Waals surface area contributed by atoms with Gasteiger partial charge in [-0.3, -0.25) is 0 Å². The average molecular weight is 278 g/mol. The van der Waals surface area contributed by atoms with Crippen LogP contribution >= 0.6 is 0 Å². The van der Waals surface area contributed by atoms with Crippen LogP contribution in [0.5, 0.6) is 0 Å². The maximum absolute atomic E-state index is 5.73. The summed E-state index contributed by atoms with van der Waals surface area (Å²) in [4.78, 5) is 11.7. The van der Waals surface area contributed by atoms with Crippen molar-refractivity contribution in [2.75, 3.05) is 37.0 Å². The standard InChI is InChI=1S/C15H26N4O/c1-10(2)13-17-14(16-5)12(4)15(18-13)19-7-6-8-20-11(3)9-19/h10-11H,6-9H2,1-5H3,(H,16,17,18). The highest BCUT2D eigenvalue weighted by molar-refractivity contribution is 5.58. The van der Waals surface area contributed by atoms with Gasteiger partial charge in [0.2, 0.25) is 0 Å². The van der Waals surface area contributed by atoms with E-state index in [1.165, 1.54) is 0 Å². The molecule has 1 aliphatic heterocycles. The zero-order chi connectivity index (χ0) is 14.7. The number of hydrogen-bond acceptors (Lipinski definition) is 5. The van der Waals surface area contributed by atoms with Gasteiger partial charge in [0, 0.05) is 38.2 Å². The number of nitrogens with one attached hydrogen (secondary N) is 1. The first-order chi connectivity index (χ1) is 9.52. The Morgan fingerprint density at radius 3 is 2.75 bits per heavy atom. The molecule has 0 bridgehead atoms. The second-order valence-corrected chi connectivity index (χ2v) is 5.76. The van der Waals surface area contributed by atoms with Crippen molar-refractivity contribution in [2.45, 2.75) is 46.1 Å². The molecule has 2 rings (SSSR count). The lowest BCUT2D eigenvalue weighted by Crippen LogP contribution is -2.32. The molecule has 5 nitrogen and oxygen atoms in total. The highest BCUT2D eigenvalue weighted by Crippen LogP contribution is 2.27. The Morgan fingerprint density at radius 1 is 1.35 bits per heavy atom. The molecule has 0 amide bonds. The van der Waals surface area contributed by atoms with E-state index in [0.29, 0.717) is 5.92 Å². The maximum Gasteiger partial charge on any atom is 0.137 e. The topological polar surface area (TPSA) is 50.3 Å². The van der Waals surface area contributed by atoms with E-state index in [1.54, 1.807) is 0 Å². The molecule has 1 aromatic heterocycles. The Bertz CT molecular complexity index is 461. The van der Waals surface area contributed by atoms with Crippen molar-refractivity contribution in [1.82, 2.24) is 9.97 Å². The monoisotopic (exact) mass is 278 g/mol. The van der Waals surface area contributed by atoms with Crippen LogP contribution < -0.4 is 10.2 Å². The normalized spacial score (nSPS) is 20.1. The molecule has 0 radical (unpaired) electrons. The van der Waals surface area contributed by atoms with E-state index in [0.717, 1.165) is 49.1 Å². The molecule has 1 aliphatic rings. The Morgan fingerprint density at radius 2 is 2.10 bits per heavy atom. The lowest BCUT2D eigenvalue weighted by molar-refractivity contribution is 0.0820. The van der Waals surface area contributed by atoms with Crippen LogP contribution in [-0.2, 0) is 4.74 Å². The molecule has 0 spiro atoms. The number of hydrogen-bond donors (Lipinski definition) is 1. The number of rotatable bonds is 3. The second-order valence-electron chi connectivity index (χ2n) is 5.76. The van der Waals surface area contributed by atoms with Crippen LogP contribution in [-0.4, -0.2) is 42.8 Å². The molecule has 0 aromatic carbocycles. The van der Waals surface area contributed by atoms with Crippen molar-refractivity contribution >= 4 is 11.6 Å². The van der Waals surface area contributed by atoms with E-state index in [9.17, 15) is 0 Å². The Hall–Kier alpha value is -1.36. The molecule has 1 N–H and O–H groups in total. The quantitative estimate of drug-likeness (QED) is 0.921. The number of ether oxygens (including phenoxy) is 1. The smallest absolute Gasteiger partial charge is 0.137 e. The van der Waals surface area contributed by atoms with Crippen LogP contribution in [0.1, 0.15) is 44.5 Å². The molecule has 0 saturated carbocycles. The Labute approximate surface area is 121 Å². The summed E-state index contributed by atoms with van der Waals surface area (Å²) < 4.78 is 5.73. The first-order valence-electron chi connectivity index (χ1n) is 7.45. The molecule has 1 aromatic rings. The van der Waals surface area contributed by atoms with Crippen LogP contribution in [0.3, 0.4) is 0 Å². The zero-order valence-electron chi connectivity index (χ0n) is 13.2. The van der Waals surface area contributed by atoms with Crippen LogP contribution in [0.2, 0.25) is 0 Å². The third kappa shape index (κ3) is 3.20. The summed E-state index contributed by atoms with van der Waals surface area (Å²) in [6.45, 7) is 11.2. The van der Waals surface area contributed by atoms with E-state index in [1.807, 2.05) is 7.05 Å². The van der Waals surface area contributed by atoms with Gasteiger partial charge < -0.3 is 15.0 Å². The SMILES string of the molecule is CNc1nc(C(C)C)nc(N2CCCOC(C)C2)c1C. The first kappa shape index (κ1) is 15.0. The lowest BCUT2D eigenvalue weighted by atomic mass is 10.2. The minimum Gasteiger partial charge on any atom is -0.377 e. The number of nitrogens with zero attached hydrogens (tertiary/aromatic N) is 3. The molecular formula is C15H26N4O. The van der Waals surface area contributed by atoms with Crippen molar-refractivity contribution in [3.63, 3.8) is 0 Å². The highest BCUT2D eigenvalue weighted by Gasteiger charge is 2.21. The number of anilines is 2. The summed E-state index contributed by atoms with van der Waals surface area (Å²) in [6, 6.07) is 0. The fourth-order valence-electron chi connectivity index (χ4n) is 2.52. The maximum atomic E-state index is 5.73. The van der Waals surface area contributed by atoms with Crippen molar-refractivity contribution in [3.8, 4) is 0 Å². The molecule has 20 heavy (non-hydrogen) atoms. The summed E-state index contributed by atoms with van der Waals surface area (Å²) in [5, 5.41) is 3.19. The molecular weight excluding hydrogens is 252 g/mol. The predicted molar refractivity (Wildman–Crippen MR) is 82.6 cm³/mol. The second kappa shape index (κ2) is 6.39. The molecule has 1 atom stereocenters. The summed E-state index contributed by atoms with van der Waals surface area (Å²) in [6.07, 6.45) is 1.28. The van der Waals surface area contributed by atoms with Crippen molar-refractivity contribution in [1.29, 1.82) is 0 Å². The zero-order valence-corrected chi connectivity index (χ0v) is 13.2. The highest BCUT2D eigenvalue weighted by atomic mass is 16.5. The molecule has 1 unspecified atom stereocenters. The fourth-order valence-corrected chi connectivity index (χ4v) is 2.52. The van der Waals surface area contributed by atoms with Gasteiger partial charge in [-0.15, -0.1) is 0 Å².